The van der Waals surface area contributed by atoms with Gasteiger partial charge < -0.3 is 16.0 Å². The number of nitrogens with two attached hydrogens (primary N) is 1. The summed E-state index contributed by atoms with van der Waals surface area (Å²) in [4.78, 5) is 24.9. The minimum atomic E-state index is -0.355. The zero-order valence-electron chi connectivity index (χ0n) is 13.3. The van der Waals surface area contributed by atoms with Gasteiger partial charge in [-0.25, -0.2) is 0 Å². The molecule has 0 radical (unpaired) electrons. The monoisotopic (exact) mass is 291 g/mol. The van der Waals surface area contributed by atoms with Crippen LogP contribution in [0.15, 0.2) is 24.3 Å². The Bertz CT molecular complexity index is 506. The molecule has 0 saturated carbocycles. The summed E-state index contributed by atoms with van der Waals surface area (Å²) in [5, 5.41) is 2.89. The Morgan fingerprint density at radius 2 is 1.90 bits per heavy atom. The fourth-order valence-electron chi connectivity index (χ4n) is 1.80. The van der Waals surface area contributed by atoms with Gasteiger partial charge in [-0.05, 0) is 31.9 Å². The van der Waals surface area contributed by atoms with Crippen LogP contribution < -0.4 is 11.1 Å². The van der Waals surface area contributed by atoms with Gasteiger partial charge in [0.25, 0.3) is 0 Å². The van der Waals surface area contributed by atoms with Crippen molar-refractivity contribution in [3.8, 4) is 0 Å². The number of benzene rings is 1. The molecule has 3 N–H and O–H groups in total. The van der Waals surface area contributed by atoms with Crippen molar-refractivity contribution in [1.29, 1.82) is 0 Å². The molecule has 0 heterocycles. The van der Waals surface area contributed by atoms with Crippen LogP contribution in [0.3, 0.4) is 0 Å². The number of anilines is 1. The lowest BCUT2D eigenvalue weighted by molar-refractivity contribution is -0.128. The summed E-state index contributed by atoms with van der Waals surface area (Å²) in [5.41, 5.74) is 7.18. The van der Waals surface area contributed by atoms with Crippen LogP contribution in [0, 0.1) is 0 Å². The van der Waals surface area contributed by atoms with Gasteiger partial charge in [-0.3, -0.25) is 9.59 Å². The number of rotatable bonds is 6. The molecular formula is C16H25N3O2. The van der Waals surface area contributed by atoms with Gasteiger partial charge in [-0.1, -0.05) is 18.2 Å². The minimum Gasteiger partial charge on any atom is -0.342 e. The highest BCUT2D eigenvalue weighted by atomic mass is 16.2. The zero-order valence-corrected chi connectivity index (χ0v) is 13.3. The van der Waals surface area contributed by atoms with Gasteiger partial charge >= 0.3 is 0 Å². The van der Waals surface area contributed by atoms with Crippen molar-refractivity contribution in [3.63, 3.8) is 0 Å². The summed E-state index contributed by atoms with van der Waals surface area (Å²) < 4.78 is 0. The lowest BCUT2D eigenvalue weighted by Crippen LogP contribution is -2.33. The third-order valence-corrected chi connectivity index (χ3v) is 3.23. The van der Waals surface area contributed by atoms with E-state index in [1.807, 2.05) is 38.1 Å². The summed E-state index contributed by atoms with van der Waals surface area (Å²) in [6, 6.07) is 7.50. The van der Waals surface area contributed by atoms with Crippen LogP contribution in [-0.2, 0) is 16.1 Å². The second-order valence-electron chi connectivity index (χ2n) is 6.07. The van der Waals surface area contributed by atoms with Crippen molar-refractivity contribution < 1.29 is 9.59 Å². The SMILES string of the molecule is CC(=O)N(C)Cc1ccccc1NC(=O)CCC(C)(C)N. The topological polar surface area (TPSA) is 75.4 Å². The molecule has 0 unspecified atom stereocenters. The maximum atomic E-state index is 12.0. The largest absolute Gasteiger partial charge is 0.342 e. The van der Waals surface area contributed by atoms with E-state index in [2.05, 4.69) is 5.32 Å². The van der Waals surface area contributed by atoms with Crippen molar-refractivity contribution in [2.24, 2.45) is 5.73 Å². The average molecular weight is 291 g/mol. The number of carbonyl (C=O) groups excluding carboxylic acids is 2. The quantitative estimate of drug-likeness (QED) is 0.843. The lowest BCUT2D eigenvalue weighted by Gasteiger charge is -2.19. The molecule has 2 amide bonds. The third kappa shape index (κ3) is 6.40. The zero-order chi connectivity index (χ0) is 16.0. The molecule has 1 rings (SSSR count). The molecule has 0 fully saturated rings. The predicted molar refractivity (Wildman–Crippen MR) is 84.7 cm³/mol. The highest BCUT2D eigenvalue weighted by Crippen LogP contribution is 2.18. The van der Waals surface area contributed by atoms with Crippen LogP contribution >= 0.6 is 0 Å². The van der Waals surface area contributed by atoms with Crippen molar-refractivity contribution >= 4 is 17.5 Å². The molecule has 5 heteroatoms. The fourth-order valence-corrected chi connectivity index (χ4v) is 1.80. The molecule has 1 aromatic rings. The summed E-state index contributed by atoms with van der Waals surface area (Å²) >= 11 is 0. The van der Waals surface area contributed by atoms with E-state index in [4.69, 9.17) is 5.73 Å². The molecule has 0 aliphatic heterocycles. The molecule has 0 aliphatic rings. The number of carbonyl (C=O) groups is 2. The molecular weight excluding hydrogens is 266 g/mol. The first kappa shape index (κ1) is 17.2. The number of nitrogens with zero attached hydrogens (tertiary/aromatic N) is 1. The summed E-state index contributed by atoms with van der Waals surface area (Å²) in [5.74, 6) is -0.0764. The van der Waals surface area contributed by atoms with E-state index >= 15 is 0 Å². The molecule has 1 aromatic carbocycles. The van der Waals surface area contributed by atoms with E-state index in [0.29, 0.717) is 19.4 Å². The molecule has 21 heavy (non-hydrogen) atoms. The summed E-state index contributed by atoms with van der Waals surface area (Å²) in [6.07, 6.45) is 0.995. The second kappa shape index (κ2) is 7.22. The molecule has 116 valence electrons. The molecule has 0 saturated heterocycles. The Hall–Kier alpha value is -1.88. The Kier molecular flexibility index (Phi) is 5.90. The Morgan fingerprint density at radius 3 is 2.48 bits per heavy atom. The van der Waals surface area contributed by atoms with Gasteiger partial charge in [0, 0.05) is 38.2 Å². The van der Waals surface area contributed by atoms with Crippen LogP contribution in [0.5, 0.6) is 0 Å². The summed E-state index contributed by atoms with van der Waals surface area (Å²) in [7, 11) is 1.73. The van der Waals surface area contributed by atoms with E-state index in [9.17, 15) is 9.59 Å². The van der Waals surface area contributed by atoms with E-state index < -0.39 is 0 Å². The molecule has 0 spiro atoms. The number of nitrogens with one attached hydrogen (secondary N) is 1. The Labute approximate surface area is 126 Å². The molecule has 0 bridgehead atoms. The maximum Gasteiger partial charge on any atom is 0.224 e. The van der Waals surface area contributed by atoms with Crippen molar-refractivity contribution in [2.75, 3.05) is 12.4 Å². The van der Waals surface area contributed by atoms with Gasteiger partial charge in [0.15, 0.2) is 0 Å². The first-order chi connectivity index (χ1) is 9.69. The van der Waals surface area contributed by atoms with E-state index in [1.165, 1.54) is 6.92 Å². The number of para-hydroxylation sites is 1. The smallest absolute Gasteiger partial charge is 0.224 e. The van der Waals surface area contributed by atoms with Crippen LogP contribution in [0.2, 0.25) is 0 Å². The fraction of sp³-hybridized carbons (Fsp3) is 0.500. The van der Waals surface area contributed by atoms with Gasteiger partial charge in [0.05, 0.1) is 0 Å². The number of amides is 2. The standard InChI is InChI=1S/C16H25N3O2/c1-12(20)19(4)11-13-7-5-6-8-14(13)18-15(21)9-10-16(2,3)17/h5-8H,9-11,17H2,1-4H3,(H,18,21). The molecule has 0 aliphatic carbocycles. The van der Waals surface area contributed by atoms with Gasteiger partial charge in [0.2, 0.25) is 11.8 Å². The Balaban J connectivity index is 2.70. The van der Waals surface area contributed by atoms with E-state index in [0.717, 1.165) is 11.3 Å². The van der Waals surface area contributed by atoms with Crippen molar-refractivity contribution in [1.82, 2.24) is 4.90 Å². The van der Waals surface area contributed by atoms with Crippen LogP contribution in [0.25, 0.3) is 0 Å². The lowest BCUT2D eigenvalue weighted by atomic mass is 10.00. The average Bonchev–Trinajstić information content (AvgIpc) is 2.37. The molecule has 0 aromatic heterocycles. The van der Waals surface area contributed by atoms with E-state index in [-0.39, 0.29) is 17.4 Å². The van der Waals surface area contributed by atoms with Crippen molar-refractivity contribution in [3.05, 3.63) is 29.8 Å². The number of hydrogen-bond donors (Lipinski definition) is 2. The Morgan fingerprint density at radius 1 is 1.29 bits per heavy atom. The van der Waals surface area contributed by atoms with Gasteiger partial charge in [-0.2, -0.15) is 0 Å². The normalized spacial score (nSPS) is 11.1. The number of hydrogen-bond acceptors (Lipinski definition) is 3. The van der Waals surface area contributed by atoms with Gasteiger partial charge in [-0.15, -0.1) is 0 Å². The maximum absolute atomic E-state index is 12.0. The van der Waals surface area contributed by atoms with Crippen molar-refractivity contribution in [2.45, 2.75) is 45.7 Å². The first-order valence-electron chi connectivity index (χ1n) is 7.07. The highest BCUT2D eigenvalue weighted by molar-refractivity contribution is 5.91. The second-order valence-corrected chi connectivity index (χ2v) is 6.07. The molecule has 0 atom stereocenters. The van der Waals surface area contributed by atoms with E-state index in [1.54, 1.807) is 11.9 Å². The summed E-state index contributed by atoms with van der Waals surface area (Å²) in [6.45, 7) is 5.78. The minimum absolute atomic E-state index is 0.0130. The predicted octanol–water partition coefficient (Wildman–Crippen LogP) is 2.12. The van der Waals surface area contributed by atoms with Crippen LogP contribution in [0.1, 0.15) is 39.2 Å². The molecule has 5 nitrogen and oxygen atoms in total. The van der Waals surface area contributed by atoms with Crippen LogP contribution in [-0.4, -0.2) is 29.3 Å². The third-order valence-electron chi connectivity index (χ3n) is 3.23. The highest BCUT2D eigenvalue weighted by Gasteiger charge is 2.14. The first-order valence-corrected chi connectivity index (χ1v) is 7.07. The van der Waals surface area contributed by atoms with Gasteiger partial charge in [0.1, 0.15) is 0 Å². The van der Waals surface area contributed by atoms with Crippen LogP contribution in [0.4, 0.5) is 5.69 Å².